The summed E-state index contributed by atoms with van der Waals surface area (Å²) < 4.78 is 0. The normalized spacial score (nSPS) is 29.2. The van der Waals surface area contributed by atoms with Gasteiger partial charge < -0.3 is 10.0 Å². The summed E-state index contributed by atoms with van der Waals surface area (Å²) in [4.78, 5) is 24.5. The average Bonchev–Trinajstić information content (AvgIpc) is 2.39. The van der Waals surface area contributed by atoms with Crippen LogP contribution in [0, 0.1) is 17.8 Å². The van der Waals surface area contributed by atoms with Crippen LogP contribution in [0.15, 0.2) is 0 Å². The molecule has 0 bridgehead atoms. The summed E-state index contributed by atoms with van der Waals surface area (Å²) in [6.07, 6.45) is 8.40. The number of hydrogen-bond acceptors (Lipinski definition) is 2. The van der Waals surface area contributed by atoms with Gasteiger partial charge in [0.15, 0.2) is 0 Å². The largest absolute Gasteiger partial charge is 0.481 e. The molecule has 1 N–H and O–H groups in total. The van der Waals surface area contributed by atoms with Gasteiger partial charge in [-0.15, -0.1) is 0 Å². The first-order valence-electron chi connectivity index (χ1n) is 7.54. The van der Waals surface area contributed by atoms with Gasteiger partial charge in [0.25, 0.3) is 0 Å². The Morgan fingerprint density at radius 3 is 2.37 bits per heavy atom. The molecule has 0 radical (unpaired) electrons. The minimum absolute atomic E-state index is 0.0135. The maximum Gasteiger partial charge on any atom is 0.308 e. The van der Waals surface area contributed by atoms with Crippen molar-refractivity contribution in [1.29, 1.82) is 0 Å². The third-order valence-corrected chi connectivity index (χ3v) is 4.72. The molecular weight excluding hydrogens is 242 g/mol. The first-order chi connectivity index (χ1) is 9.06. The highest BCUT2D eigenvalue weighted by atomic mass is 16.4. The Hall–Kier alpha value is -1.06. The fourth-order valence-electron chi connectivity index (χ4n) is 3.70. The Balaban J connectivity index is 1.94. The maximum absolute atomic E-state index is 11.5. The van der Waals surface area contributed by atoms with Crippen molar-refractivity contribution in [3.63, 3.8) is 0 Å². The van der Waals surface area contributed by atoms with E-state index in [0.717, 1.165) is 25.3 Å². The number of carboxylic acid groups (broad SMARTS) is 1. The van der Waals surface area contributed by atoms with Crippen LogP contribution in [0.3, 0.4) is 0 Å². The van der Waals surface area contributed by atoms with E-state index in [0.29, 0.717) is 12.5 Å². The smallest absolute Gasteiger partial charge is 0.308 e. The van der Waals surface area contributed by atoms with Gasteiger partial charge in [-0.25, -0.2) is 0 Å². The van der Waals surface area contributed by atoms with Crippen LogP contribution in [0.25, 0.3) is 0 Å². The van der Waals surface area contributed by atoms with Gasteiger partial charge in [-0.2, -0.15) is 0 Å². The Morgan fingerprint density at radius 1 is 1.11 bits per heavy atom. The van der Waals surface area contributed by atoms with Crippen molar-refractivity contribution in [2.24, 2.45) is 17.8 Å². The number of aliphatic carboxylic acids is 1. The second-order valence-corrected chi connectivity index (χ2v) is 6.30. The van der Waals surface area contributed by atoms with Gasteiger partial charge in [0.2, 0.25) is 5.91 Å². The van der Waals surface area contributed by atoms with E-state index in [-0.39, 0.29) is 11.8 Å². The van der Waals surface area contributed by atoms with E-state index in [2.05, 4.69) is 0 Å². The van der Waals surface area contributed by atoms with Gasteiger partial charge in [-0.1, -0.05) is 32.1 Å². The SMILES string of the molecule is CC(=O)N1C[C@H](CC2CCCCC2)C[C@H](C(=O)O)C1. The van der Waals surface area contributed by atoms with Crippen molar-refractivity contribution >= 4 is 11.9 Å². The lowest BCUT2D eigenvalue weighted by molar-refractivity contribution is -0.146. The van der Waals surface area contributed by atoms with E-state index in [1.165, 1.54) is 32.1 Å². The van der Waals surface area contributed by atoms with Crippen molar-refractivity contribution in [3.05, 3.63) is 0 Å². The lowest BCUT2D eigenvalue weighted by Crippen LogP contribution is -2.45. The van der Waals surface area contributed by atoms with Crippen LogP contribution in [-0.2, 0) is 9.59 Å². The molecule has 0 aromatic rings. The number of rotatable bonds is 3. The van der Waals surface area contributed by atoms with Gasteiger partial charge in [0, 0.05) is 20.0 Å². The fraction of sp³-hybridized carbons (Fsp3) is 0.867. The number of likely N-dealkylation sites (tertiary alicyclic amines) is 1. The Kier molecular flexibility index (Phi) is 4.83. The number of carbonyl (C=O) groups is 2. The minimum atomic E-state index is -0.750. The molecule has 1 aliphatic carbocycles. The topological polar surface area (TPSA) is 57.6 Å². The van der Waals surface area contributed by atoms with Gasteiger partial charge in [0.1, 0.15) is 0 Å². The summed E-state index contributed by atoms with van der Waals surface area (Å²) in [6.45, 7) is 2.70. The zero-order valence-electron chi connectivity index (χ0n) is 11.8. The molecule has 1 saturated heterocycles. The molecule has 0 spiro atoms. The summed E-state index contributed by atoms with van der Waals surface area (Å²) in [7, 11) is 0. The molecule has 4 nitrogen and oxygen atoms in total. The maximum atomic E-state index is 11.5. The van der Waals surface area contributed by atoms with Crippen LogP contribution < -0.4 is 0 Å². The van der Waals surface area contributed by atoms with Crippen LogP contribution in [0.4, 0.5) is 0 Å². The van der Waals surface area contributed by atoms with Gasteiger partial charge in [-0.05, 0) is 24.7 Å². The molecule has 108 valence electrons. The van der Waals surface area contributed by atoms with Crippen LogP contribution in [-0.4, -0.2) is 35.0 Å². The van der Waals surface area contributed by atoms with Crippen LogP contribution in [0.1, 0.15) is 51.9 Å². The van der Waals surface area contributed by atoms with Gasteiger partial charge in [0.05, 0.1) is 5.92 Å². The molecule has 0 unspecified atom stereocenters. The van der Waals surface area contributed by atoms with Crippen molar-refractivity contribution in [2.45, 2.75) is 51.9 Å². The Labute approximate surface area is 115 Å². The zero-order valence-corrected chi connectivity index (χ0v) is 11.8. The molecule has 4 heteroatoms. The van der Waals surface area contributed by atoms with Crippen molar-refractivity contribution in [1.82, 2.24) is 4.90 Å². The number of nitrogens with zero attached hydrogens (tertiary/aromatic N) is 1. The van der Waals surface area contributed by atoms with Gasteiger partial charge >= 0.3 is 5.97 Å². The zero-order chi connectivity index (χ0) is 13.8. The second kappa shape index (κ2) is 6.40. The molecule has 1 amide bonds. The van der Waals surface area contributed by atoms with Gasteiger partial charge in [-0.3, -0.25) is 9.59 Å². The molecule has 2 fully saturated rings. The molecule has 19 heavy (non-hydrogen) atoms. The molecule has 1 heterocycles. The third-order valence-electron chi connectivity index (χ3n) is 4.72. The predicted molar refractivity (Wildman–Crippen MR) is 72.7 cm³/mol. The monoisotopic (exact) mass is 267 g/mol. The first-order valence-corrected chi connectivity index (χ1v) is 7.54. The van der Waals surface area contributed by atoms with E-state index < -0.39 is 5.97 Å². The van der Waals surface area contributed by atoms with E-state index >= 15 is 0 Å². The molecule has 2 rings (SSSR count). The molecule has 2 aliphatic rings. The number of hydrogen-bond donors (Lipinski definition) is 1. The molecule has 0 aromatic heterocycles. The summed E-state index contributed by atoms with van der Waals surface area (Å²) in [5, 5.41) is 9.22. The van der Waals surface area contributed by atoms with Crippen LogP contribution >= 0.6 is 0 Å². The lowest BCUT2D eigenvalue weighted by atomic mass is 9.78. The molecule has 0 aromatic carbocycles. The van der Waals surface area contributed by atoms with E-state index in [4.69, 9.17) is 0 Å². The molecule has 1 saturated carbocycles. The summed E-state index contributed by atoms with van der Waals surface area (Å²) in [5.74, 6) is 0.0207. The first kappa shape index (κ1) is 14.4. The van der Waals surface area contributed by atoms with Crippen molar-refractivity contribution in [3.8, 4) is 0 Å². The Morgan fingerprint density at radius 2 is 1.79 bits per heavy atom. The summed E-state index contributed by atoms with van der Waals surface area (Å²) in [5.41, 5.74) is 0. The fourth-order valence-corrected chi connectivity index (χ4v) is 3.70. The molecule has 2 atom stereocenters. The minimum Gasteiger partial charge on any atom is -0.481 e. The van der Waals surface area contributed by atoms with Crippen LogP contribution in [0.2, 0.25) is 0 Å². The summed E-state index contributed by atoms with van der Waals surface area (Å²) in [6, 6.07) is 0. The van der Waals surface area contributed by atoms with E-state index in [9.17, 15) is 14.7 Å². The second-order valence-electron chi connectivity index (χ2n) is 6.30. The highest BCUT2D eigenvalue weighted by Gasteiger charge is 2.33. The van der Waals surface area contributed by atoms with Crippen molar-refractivity contribution in [2.75, 3.05) is 13.1 Å². The third kappa shape index (κ3) is 3.95. The summed E-state index contributed by atoms with van der Waals surface area (Å²) >= 11 is 0. The predicted octanol–water partition coefficient (Wildman–Crippen LogP) is 2.53. The number of carboxylic acids is 1. The highest BCUT2D eigenvalue weighted by molar-refractivity contribution is 5.76. The highest BCUT2D eigenvalue weighted by Crippen LogP contribution is 2.33. The molecular formula is C15H25NO3. The lowest BCUT2D eigenvalue weighted by Gasteiger charge is -2.37. The van der Waals surface area contributed by atoms with E-state index in [1.54, 1.807) is 11.8 Å². The van der Waals surface area contributed by atoms with Crippen LogP contribution in [0.5, 0.6) is 0 Å². The Bertz CT molecular complexity index is 314. The quantitative estimate of drug-likeness (QED) is 0.855. The average molecular weight is 267 g/mol. The number of amides is 1. The standard InChI is InChI=1S/C15H25NO3/c1-11(17)16-9-13(8-14(10-16)15(18)19)7-12-5-3-2-4-6-12/h12-14H,2-10H2,1H3,(H,18,19)/t13-,14+/m1/s1. The number of carbonyl (C=O) groups excluding carboxylic acids is 1. The van der Waals surface area contributed by atoms with Crippen molar-refractivity contribution < 1.29 is 14.7 Å². The molecule has 1 aliphatic heterocycles. The van der Waals surface area contributed by atoms with E-state index in [1.807, 2.05) is 0 Å². The number of piperidine rings is 1.